The SMILES string of the molecule is CC1CCCC(N)(C(=O)NCC2CSCCS2)C1. The maximum absolute atomic E-state index is 12.3. The summed E-state index contributed by atoms with van der Waals surface area (Å²) in [6, 6.07) is 0. The normalized spacial score (nSPS) is 37.2. The number of hydrogen-bond acceptors (Lipinski definition) is 4. The van der Waals surface area contributed by atoms with Gasteiger partial charge in [0.25, 0.3) is 0 Å². The molecule has 0 aromatic carbocycles. The van der Waals surface area contributed by atoms with Gasteiger partial charge in [0.1, 0.15) is 0 Å². The van der Waals surface area contributed by atoms with E-state index < -0.39 is 5.54 Å². The van der Waals surface area contributed by atoms with Crippen LogP contribution >= 0.6 is 23.5 Å². The number of rotatable bonds is 3. The van der Waals surface area contributed by atoms with Crippen LogP contribution in [0.25, 0.3) is 0 Å². The molecule has 0 aromatic heterocycles. The Kier molecular flexibility index (Phi) is 5.27. The van der Waals surface area contributed by atoms with Crippen LogP contribution in [0.1, 0.15) is 32.6 Å². The van der Waals surface area contributed by atoms with E-state index in [2.05, 4.69) is 12.2 Å². The second-order valence-corrected chi connectivity index (χ2v) is 8.19. The number of carbonyl (C=O) groups excluding carboxylic acids is 1. The molecule has 5 heteroatoms. The summed E-state index contributed by atoms with van der Waals surface area (Å²) < 4.78 is 0. The predicted molar refractivity (Wildman–Crippen MR) is 81.1 cm³/mol. The first-order valence-corrected chi connectivity index (χ1v) is 9.07. The molecule has 0 bridgehead atoms. The molecule has 3 N–H and O–H groups in total. The molecule has 1 aliphatic heterocycles. The Labute approximate surface area is 118 Å². The predicted octanol–water partition coefficient (Wildman–Crippen LogP) is 1.86. The fourth-order valence-corrected chi connectivity index (χ4v) is 5.45. The van der Waals surface area contributed by atoms with Crippen LogP contribution in [0.15, 0.2) is 0 Å². The molecular weight excluding hydrogens is 264 g/mol. The molecule has 1 saturated heterocycles. The molecule has 2 fully saturated rings. The van der Waals surface area contributed by atoms with E-state index in [1.807, 2.05) is 23.5 Å². The molecule has 1 aliphatic carbocycles. The molecule has 1 heterocycles. The van der Waals surface area contributed by atoms with Crippen molar-refractivity contribution in [3.63, 3.8) is 0 Å². The van der Waals surface area contributed by atoms with Crippen LogP contribution in [0.4, 0.5) is 0 Å². The zero-order valence-electron chi connectivity index (χ0n) is 11.1. The molecule has 1 saturated carbocycles. The maximum Gasteiger partial charge on any atom is 0.240 e. The van der Waals surface area contributed by atoms with E-state index in [9.17, 15) is 4.79 Å². The fourth-order valence-electron chi connectivity index (χ4n) is 2.84. The van der Waals surface area contributed by atoms with Crippen LogP contribution < -0.4 is 11.1 Å². The lowest BCUT2D eigenvalue weighted by Crippen LogP contribution is -2.57. The van der Waals surface area contributed by atoms with E-state index in [-0.39, 0.29) is 5.91 Å². The minimum atomic E-state index is -0.607. The van der Waals surface area contributed by atoms with Crippen molar-refractivity contribution in [3.8, 4) is 0 Å². The van der Waals surface area contributed by atoms with Crippen molar-refractivity contribution in [1.29, 1.82) is 0 Å². The Bertz CT molecular complexity index is 295. The largest absolute Gasteiger partial charge is 0.353 e. The van der Waals surface area contributed by atoms with Gasteiger partial charge in [0.15, 0.2) is 0 Å². The summed E-state index contributed by atoms with van der Waals surface area (Å²) in [4.78, 5) is 12.3. The van der Waals surface area contributed by atoms with Crippen LogP contribution in [0.3, 0.4) is 0 Å². The fraction of sp³-hybridized carbons (Fsp3) is 0.923. The molecule has 0 radical (unpaired) electrons. The van der Waals surface area contributed by atoms with Gasteiger partial charge >= 0.3 is 0 Å². The zero-order chi connectivity index (χ0) is 13.0. The molecule has 1 amide bonds. The molecule has 104 valence electrons. The van der Waals surface area contributed by atoms with Crippen molar-refractivity contribution < 1.29 is 4.79 Å². The van der Waals surface area contributed by atoms with Crippen LogP contribution in [0.5, 0.6) is 0 Å². The van der Waals surface area contributed by atoms with Crippen molar-refractivity contribution >= 4 is 29.4 Å². The molecule has 3 atom stereocenters. The van der Waals surface area contributed by atoms with E-state index in [1.54, 1.807) is 0 Å². The molecule has 2 rings (SSSR count). The summed E-state index contributed by atoms with van der Waals surface area (Å²) >= 11 is 3.96. The van der Waals surface area contributed by atoms with Gasteiger partial charge in [-0.1, -0.05) is 19.8 Å². The zero-order valence-corrected chi connectivity index (χ0v) is 12.7. The summed E-state index contributed by atoms with van der Waals surface area (Å²) in [7, 11) is 0. The van der Waals surface area contributed by atoms with Crippen LogP contribution in [0.2, 0.25) is 0 Å². The highest BCUT2D eigenvalue weighted by Gasteiger charge is 2.37. The van der Waals surface area contributed by atoms with E-state index >= 15 is 0 Å². The summed E-state index contributed by atoms with van der Waals surface area (Å²) in [5.74, 6) is 4.25. The number of carbonyl (C=O) groups is 1. The first kappa shape index (κ1) is 14.5. The number of amides is 1. The van der Waals surface area contributed by atoms with Crippen LogP contribution in [0, 0.1) is 5.92 Å². The number of nitrogens with two attached hydrogens (primary N) is 1. The molecule has 18 heavy (non-hydrogen) atoms. The van der Waals surface area contributed by atoms with Gasteiger partial charge in [0, 0.05) is 29.1 Å². The minimum absolute atomic E-state index is 0.0743. The van der Waals surface area contributed by atoms with Crippen LogP contribution in [-0.2, 0) is 4.79 Å². The monoisotopic (exact) mass is 288 g/mol. The van der Waals surface area contributed by atoms with E-state index in [4.69, 9.17) is 5.73 Å². The number of nitrogens with one attached hydrogen (secondary N) is 1. The third kappa shape index (κ3) is 3.81. The van der Waals surface area contributed by atoms with E-state index in [0.717, 1.165) is 31.6 Å². The molecular formula is C13H24N2OS2. The average molecular weight is 288 g/mol. The Balaban J connectivity index is 1.79. The van der Waals surface area contributed by atoms with Crippen molar-refractivity contribution in [3.05, 3.63) is 0 Å². The second-order valence-electron chi connectivity index (χ2n) is 5.64. The van der Waals surface area contributed by atoms with Gasteiger partial charge in [-0.15, -0.1) is 0 Å². The first-order chi connectivity index (χ1) is 8.60. The van der Waals surface area contributed by atoms with Gasteiger partial charge in [-0.25, -0.2) is 0 Å². The Morgan fingerprint density at radius 3 is 3.00 bits per heavy atom. The van der Waals surface area contributed by atoms with Crippen molar-refractivity contribution in [2.75, 3.05) is 23.8 Å². The van der Waals surface area contributed by atoms with Crippen molar-refractivity contribution in [1.82, 2.24) is 5.32 Å². The van der Waals surface area contributed by atoms with Gasteiger partial charge in [-0.05, 0) is 18.8 Å². The molecule has 0 aromatic rings. The third-order valence-electron chi connectivity index (χ3n) is 3.86. The molecule has 3 unspecified atom stereocenters. The average Bonchev–Trinajstić information content (AvgIpc) is 2.37. The van der Waals surface area contributed by atoms with Crippen molar-refractivity contribution in [2.24, 2.45) is 11.7 Å². The maximum atomic E-state index is 12.3. The lowest BCUT2D eigenvalue weighted by Gasteiger charge is -2.35. The highest BCUT2D eigenvalue weighted by atomic mass is 32.2. The number of thioether (sulfide) groups is 2. The summed E-state index contributed by atoms with van der Waals surface area (Å²) in [6.45, 7) is 2.98. The highest BCUT2D eigenvalue weighted by molar-refractivity contribution is 8.06. The van der Waals surface area contributed by atoms with Gasteiger partial charge in [0.2, 0.25) is 5.91 Å². The highest BCUT2D eigenvalue weighted by Crippen LogP contribution is 2.30. The minimum Gasteiger partial charge on any atom is -0.353 e. The first-order valence-electron chi connectivity index (χ1n) is 6.87. The van der Waals surface area contributed by atoms with Gasteiger partial charge in [-0.2, -0.15) is 23.5 Å². The lowest BCUT2D eigenvalue weighted by molar-refractivity contribution is -0.128. The van der Waals surface area contributed by atoms with E-state index in [0.29, 0.717) is 11.2 Å². The smallest absolute Gasteiger partial charge is 0.240 e. The summed E-state index contributed by atoms with van der Waals surface area (Å²) in [5, 5.41) is 3.65. The van der Waals surface area contributed by atoms with Crippen molar-refractivity contribution in [2.45, 2.75) is 43.4 Å². The van der Waals surface area contributed by atoms with Gasteiger partial charge < -0.3 is 11.1 Å². The standard InChI is InChI=1S/C13H24N2OS2/c1-10-3-2-4-13(14,7-10)12(16)15-8-11-9-17-5-6-18-11/h10-11H,2-9,14H2,1H3,(H,15,16). The third-order valence-corrected chi connectivity index (χ3v) is 6.70. The van der Waals surface area contributed by atoms with Gasteiger partial charge in [0.05, 0.1) is 5.54 Å². The topological polar surface area (TPSA) is 55.1 Å². The summed E-state index contributed by atoms with van der Waals surface area (Å²) in [5.41, 5.74) is 5.68. The Hall–Kier alpha value is 0.130. The molecule has 2 aliphatic rings. The van der Waals surface area contributed by atoms with Gasteiger partial charge in [-0.3, -0.25) is 4.79 Å². The molecule has 0 spiro atoms. The molecule has 3 nitrogen and oxygen atoms in total. The Morgan fingerprint density at radius 1 is 1.50 bits per heavy atom. The quantitative estimate of drug-likeness (QED) is 0.832. The van der Waals surface area contributed by atoms with E-state index in [1.165, 1.54) is 17.9 Å². The van der Waals surface area contributed by atoms with Crippen LogP contribution in [-0.4, -0.2) is 40.5 Å². The lowest BCUT2D eigenvalue weighted by atomic mass is 9.76. The Morgan fingerprint density at radius 2 is 2.33 bits per heavy atom. The number of hydrogen-bond donors (Lipinski definition) is 2. The summed E-state index contributed by atoms with van der Waals surface area (Å²) in [6.07, 6.45) is 3.97. The second kappa shape index (κ2) is 6.53.